The van der Waals surface area contributed by atoms with E-state index in [4.69, 9.17) is 0 Å². The highest BCUT2D eigenvalue weighted by Gasteiger charge is 2.19. The van der Waals surface area contributed by atoms with Gasteiger partial charge in [-0.3, -0.25) is 4.99 Å². The summed E-state index contributed by atoms with van der Waals surface area (Å²) in [5, 5.41) is 3.36. The smallest absolute Gasteiger partial charge is 0.193 e. The lowest BCUT2D eigenvalue weighted by Crippen LogP contribution is -2.45. The minimum absolute atomic E-state index is 0. The molecule has 0 bridgehead atoms. The number of aliphatic imine (C=N–C) groups is 1. The predicted molar refractivity (Wildman–Crippen MR) is 105 cm³/mol. The van der Waals surface area contributed by atoms with Gasteiger partial charge < -0.3 is 10.2 Å². The van der Waals surface area contributed by atoms with Crippen LogP contribution >= 0.6 is 24.0 Å². The van der Waals surface area contributed by atoms with Crippen LogP contribution in [-0.4, -0.2) is 45.7 Å². The first-order valence-corrected chi connectivity index (χ1v) is 9.54. The molecule has 1 unspecified atom stereocenters. The molecule has 0 radical (unpaired) electrons. The second-order valence-corrected chi connectivity index (χ2v) is 8.03. The molecule has 1 aromatic carbocycles. The number of hydrogen-bond donors (Lipinski definition) is 1. The van der Waals surface area contributed by atoms with Gasteiger partial charge in [-0.15, -0.1) is 24.0 Å². The van der Waals surface area contributed by atoms with Gasteiger partial charge >= 0.3 is 0 Å². The second-order valence-electron chi connectivity index (χ2n) is 6.01. The molecule has 7 heteroatoms. The lowest BCUT2D eigenvalue weighted by molar-refractivity contribution is 0.266. The Bertz CT molecular complexity index is 629. The van der Waals surface area contributed by atoms with Crippen molar-refractivity contribution in [2.24, 2.45) is 10.9 Å². The molecule has 1 aliphatic rings. The van der Waals surface area contributed by atoms with Gasteiger partial charge in [0.25, 0.3) is 0 Å². The van der Waals surface area contributed by atoms with Crippen LogP contribution in [-0.2, 0) is 16.4 Å². The molecule has 1 saturated heterocycles. The summed E-state index contributed by atoms with van der Waals surface area (Å²) in [4.78, 5) is 7.00. The number of nitrogens with one attached hydrogen (secondary N) is 1. The molecular formula is C16H26IN3O2S. The zero-order valence-electron chi connectivity index (χ0n) is 13.9. The molecule has 0 spiro atoms. The van der Waals surface area contributed by atoms with Crippen LogP contribution in [0.3, 0.4) is 0 Å². The Hall–Kier alpha value is -0.830. The van der Waals surface area contributed by atoms with E-state index in [0.29, 0.717) is 17.4 Å². The van der Waals surface area contributed by atoms with Crippen molar-refractivity contribution in [1.29, 1.82) is 0 Å². The van der Waals surface area contributed by atoms with Crippen molar-refractivity contribution in [3.63, 3.8) is 0 Å². The van der Waals surface area contributed by atoms with Crippen molar-refractivity contribution < 1.29 is 8.42 Å². The van der Waals surface area contributed by atoms with Crippen molar-refractivity contribution >= 4 is 39.8 Å². The SMILES string of the molecule is CN=C(NCc1ccc(S(C)(=O)=O)cc1)N1CCCC(C)C1.I. The molecule has 0 saturated carbocycles. The van der Waals surface area contributed by atoms with Crippen LogP contribution in [0.25, 0.3) is 0 Å². The summed E-state index contributed by atoms with van der Waals surface area (Å²) in [5.41, 5.74) is 1.04. The van der Waals surface area contributed by atoms with Crippen LogP contribution in [0.4, 0.5) is 0 Å². The van der Waals surface area contributed by atoms with E-state index < -0.39 is 9.84 Å². The van der Waals surface area contributed by atoms with Gasteiger partial charge in [-0.2, -0.15) is 0 Å². The lowest BCUT2D eigenvalue weighted by atomic mass is 10.0. The van der Waals surface area contributed by atoms with Gasteiger partial charge in [0.05, 0.1) is 4.90 Å². The number of sulfone groups is 1. The van der Waals surface area contributed by atoms with Crippen LogP contribution in [0.1, 0.15) is 25.3 Å². The number of piperidine rings is 1. The Labute approximate surface area is 156 Å². The fraction of sp³-hybridized carbons (Fsp3) is 0.562. The Kier molecular flexibility index (Phi) is 7.79. The van der Waals surface area contributed by atoms with E-state index in [-0.39, 0.29) is 24.0 Å². The number of rotatable bonds is 3. The molecular weight excluding hydrogens is 425 g/mol. The maximum atomic E-state index is 11.5. The standard InChI is InChI=1S/C16H25N3O2S.HI/c1-13-5-4-10-19(12-13)16(17-2)18-11-14-6-8-15(9-7-14)22(3,20)21;/h6-9,13H,4-5,10-12H2,1-3H3,(H,17,18);1H. The molecule has 2 rings (SSSR count). The van der Waals surface area contributed by atoms with E-state index >= 15 is 0 Å². The van der Waals surface area contributed by atoms with Crippen molar-refractivity contribution in [1.82, 2.24) is 10.2 Å². The molecule has 0 aliphatic carbocycles. The minimum Gasteiger partial charge on any atom is -0.352 e. The molecule has 23 heavy (non-hydrogen) atoms. The lowest BCUT2D eigenvalue weighted by Gasteiger charge is -2.33. The molecule has 1 atom stereocenters. The summed E-state index contributed by atoms with van der Waals surface area (Å²) < 4.78 is 22.9. The highest BCUT2D eigenvalue weighted by molar-refractivity contribution is 14.0. The quantitative estimate of drug-likeness (QED) is 0.436. The number of halogens is 1. The van der Waals surface area contributed by atoms with Crippen LogP contribution in [0, 0.1) is 5.92 Å². The van der Waals surface area contributed by atoms with Gasteiger partial charge in [-0.25, -0.2) is 8.42 Å². The maximum Gasteiger partial charge on any atom is 0.193 e. The molecule has 0 aromatic heterocycles. The minimum atomic E-state index is -3.13. The van der Waals surface area contributed by atoms with Gasteiger partial charge in [0, 0.05) is 32.9 Å². The van der Waals surface area contributed by atoms with Gasteiger partial charge in [0.1, 0.15) is 0 Å². The van der Waals surface area contributed by atoms with Crippen molar-refractivity contribution in [3.8, 4) is 0 Å². The number of guanidine groups is 1. The molecule has 5 nitrogen and oxygen atoms in total. The summed E-state index contributed by atoms with van der Waals surface area (Å²) in [6, 6.07) is 6.99. The third-order valence-electron chi connectivity index (χ3n) is 3.97. The van der Waals surface area contributed by atoms with Gasteiger partial charge in [0.15, 0.2) is 15.8 Å². The van der Waals surface area contributed by atoms with Crippen LogP contribution < -0.4 is 5.32 Å². The Balaban J connectivity index is 0.00000264. The summed E-state index contributed by atoms with van der Waals surface area (Å²) >= 11 is 0. The van der Waals surface area contributed by atoms with E-state index in [1.54, 1.807) is 19.2 Å². The summed E-state index contributed by atoms with van der Waals surface area (Å²) in [5.74, 6) is 1.61. The third kappa shape index (κ3) is 5.95. The fourth-order valence-corrected chi connectivity index (χ4v) is 3.38. The van der Waals surface area contributed by atoms with Gasteiger partial charge in [0.2, 0.25) is 0 Å². The predicted octanol–water partition coefficient (Wildman–Crippen LogP) is 2.52. The van der Waals surface area contributed by atoms with Gasteiger partial charge in [-0.1, -0.05) is 19.1 Å². The molecule has 0 amide bonds. The number of hydrogen-bond acceptors (Lipinski definition) is 3. The van der Waals surface area contributed by atoms with Crippen LogP contribution in [0.15, 0.2) is 34.2 Å². The first kappa shape index (κ1) is 20.2. The number of likely N-dealkylation sites (tertiary alicyclic amines) is 1. The summed E-state index contributed by atoms with van der Waals surface area (Å²) in [6.07, 6.45) is 3.70. The average molecular weight is 451 g/mol. The summed E-state index contributed by atoms with van der Waals surface area (Å²) in [6.45, 7) is 4.98. The van der Waals surface area contributed by atoms with E-state index in [2.05, 4.69) is 22.1 Å². The van der Waals surface area contributed by atoms with Crippen molar-refractivity contribution in [2.75, 3.05) is 26.4 Å². The molecule has 1 fully saturated rings. The van der Waals surface area contributed by atoms with E-state index in [0.717, 1.165) is 24.6 Å². The van der Waals surface area contributed by atoms with Crippen molar-refractivity contribution in [3.05, 3.63) is 29.8 Å². The van der Waals surface area contributed by atoms with E-state index in [1.807, 2.05) is 12.1 Å². The zero-order valence-corrected chi connectivity index (χ0v) is 17.1. The maximum absolute atomic E-state index is 11.5. The third-order valence-corrected chi connectivity index (χ3v) is 5.10. The monoisotopic (exact) mass is 451 g/mol. The van der Waals surface area contributed by atoms with E-state index in [1.165, 1.54) is 19.1 Å². The van der Waals surface area contributed by atoms with Gasteiger partial charge in [-0.05, 0) is 36.5 Å². The first-order chi connectivity index (χ1) is 10.4. The molecule has 1 aliphatic heterocycles. The normalized spacial score (nSPS) is 19.2. The number of benzene rings is 1. The van der Waals surface area contributed by atoms with E-state index in [9.17, 15) is 8.42 Å². The molecule has 130 valence electrons. The summed E-state index contributed by atoms with van der Waals surface area (Å²) in [7, 11) is -1.33. The second kappa shape index (κ2) is 8.86. The molecule has 1 heterocycles. The average Bonchev–Trinajstić information content (AvgIpc) is 2.47. The van der Waals surface area contributed by atoms with Crippen molar-refractivity contribution in [2.45, 2.75) is 31.2 Å². The fourth-order valence-electron chi connectivity index (χ4n) is 2.75. The zero-order chi connectivity index (χ0) is 16.2. The molecule has 1 aromatic rings. The van der Waals surface area contributed by atoms with Crippen LogP contribution in [0.2, 0.25) is 0 Å². The van der Waals surface area contributed by atoms with Crippen LogP contribution in [0.5, 0.6) is 0 Å². The Morgan fingerprint density at radius 3 is 2.52 bits per heavy atom. The largest absolute Gasteiger partial charge is 0.352 e. The highest BCUT2D eigenvalue weighted by Crippen LogP contribution is 2.15. The Morgan fingerprint density at radius 1 is 1.35 bits per heavy atom. The highest BCUT2D eigenvalue weighted by atomic mass is 127. The number of nitrogens with zero attached hydrogens (tertiary/aromatic N) is 2. The Morgan fingerprint density at radius 2 is 2.00 bits per heavy atom. The topological polar surface area (TPSA) is 61.8 Å². The first-order valence-electron chi connectivity index (χ1n) is 7.64. The molecule has 1 N–H and O–H groups in total.